The van der Waals surface area contributed by atoms with Gasteiger partial charge in [-0.05, 0) is 49.4 Å². The lowest BCUT2D eigenvalue weighted by atomic mass is 10.0. The lowest BCUT2D eigenvalue weighted by molar-refractivity contribution is -0.119. The van der Waals surface area contributed by atoms with E-state index in [-0.39, 0.29) is 17.7 Å². The molecule has 1 aromatic rings. The van der Waals surface area contributed by atoms with E-state index >= 15 is 0 Å². The number of nitrogens with zero attached hydrogens (tertiary/aromatic N) is 1. The van der Waals surface area contributed by atoms with E-state index in [2.05, 4.69) is 6.07 Å². The van der Waals surface area contributed by atoms with Crippen molar-refractivity contribution in [3.8, 4) is 0 Å². The van der Waals surface area contributed by atoms with Crippen LogP contribution in [-0.4, -0.2) is 42.4 Å². The van der Waals surface area contributed by atoms with Crippen molar-refractivity contribution in [3.05, 3.63) is 34.9 Å². The number of hydrogen-bond donors (Lipinski definition) is 0. The quantitative estimate of drug-likeness (QED) is 0.854. The Morgan fingerprint density at radius 2 is 2.10 bits per heavy atom. The largest absolute Gasteiger partial charge is 0.377 e. The third-order valence-corrected chi connectivity index (χ3v) is 4.36. The highest BCUT2D eigenvalue weighted by Crippen LogP contribution is 2.24. The first-order chi connectivity index (χ1) is 10.1. The Kier molecular flexibility index (Phi) is 4.06. The van der Waals surface area contributed by atoms with Crippen molar-refractivity contribution in [1.29, 1.82) is 0 Å². The molecule has 1 heterocycles. The van der Waals surface area contributed by atoms with Crippen LogP contribution in [0.3, 0.4) is 0 Å². The summed E-state index contributed by atoms with van der Waals surface area (Å²) < 4.78 is 5.43. The zero-order valence-corrected chi connectivity index (χ0v) is 12.4. The number of ketones is 1. The van der Waals surface area contributed by atoms with Crippen LogP contribution in [0.15, 0.2) is 18.2 Å². The average molecular weight is 287 g/mol. The highest BCUT2D eigenvalue weighted by atomic mass is 16.5. The maximum atomic E-state index is 12.8. The van der Waals surface area contributed by atoms with Gasteiger partial charge in [0, 0.05) is 18.5 Å². The van der Waals surface area contributed by atoms with Gasteiger partial charge in [-0.15, -0.1) is 0 Å². The van der Waals surface area contributed by atoms with Crippen LogP contribution in [0.2, 0.25) is 0 Å². The van der Waals surface area contributed by atoms with Crippen LogP contribution in [0.25, 0.3) is 0 Å². The van der Waals surface area contributed by atoms with Gasteiger partial charge in [0.2, 0.25) is 0 Å². The summed E-state index contributed by atoms with van der Waals surface area (Å²) in [5, 5.41) is 0. The highest BCUT2D eigenvalue weighted by molar-refractivity contribution is 5.95. The second kappa shape index (κ2) is 5.98. The molecule has 0 spiro atoms. The van der Waals surface area contributed by atoms with E-state index in [1.54, 1.807) is 6.92 Å². The number of amides is 1. The predicted molar refractivity (Wildman–Crippen MR) is 79.4 cm³/mol. The molecule has 0 bridgehead atoms. The van der Waals surface area contributed by atoms with Crippen LogP contribution in [0.1, 0.15) is 41.3 Å². The summed E-state index contributed by atoms with van der Waals surface area (Å²) in [7, 11) is 0. The molecule has 0 saturated carbocycles. The number of benzene rings is 1. The Balaban J connectivity index is 1.80. The fraction of sp³-hybridized carbons (Fsp3) is 0.529. The summed E-state index contributed by atoms with van der Waals surface area (Å²) >= 11 is 0. The lowest BCUT2D eigenvalue weighted by Crippen LogP contribution is -2.49. The second-order valence-electron chi connectivity index (χ2n) is 5.97. The fourth-order valence-electron chi connectivity index (χ4n) is 3.29. The molecule has 0 N–H and O–H groups in total. The summed E-state index contributed by atoms with van der Waals surface area (Å²) in [6, 6.07) is 5.91. The first-order valence-electron chi connectivity index (χ1n) is 7.65. The van der Waals surface area contributed by atoms with Crippen LogP contribution < -0.4 is 0 Å². The van der Waals surface area contributed by atoms with Crippen molar-refractivity contribution >= 4 is 11.7 Å². The smallest absolute Gasteiger partial charge is 0.254 e. The molecule has 2 aliphatic rings. The number of carbonyl (C=O) groups is 2. The molecular formula is C17H21NO3. The van der Waals surface area contributed by atoms with Gasteiger partial charge in [-0.1, -0.05) is 6.07 Å². The van der Waals surface area contributed by atoms with Crippen molar-refractivity contribution in [2.45, 2.75) is 38.6 Å². The van der Waals surface area contributed by atoms with Gasteiger partial charge < -0.3 is 9.64 Å². The molecule has 3 rings (SSSR count). The van der Waals surface area contributed by atoms with E-state index in [9.17, 15) is 9.59 Å². The Morgan fingerprint density at radius 3 is 2.90 bits per heavy atom. The molecule has 0 aromatic heterocycles. The number of ether oxygens (including phenoxy) is 1. The Morgan fingerprint density at radius 1 is 1.29 bits per heavy atom. The number of hydrogen-bond acceptors (Lipinski definition) is 3. The number of morpholine rings is 1. The molecule has 1 amide bonds. The SMILES string of the molecule is CC(=O)CC1COCCN1C(=O)c1ccc2c(c1)CCC2. The summed E-state index contributed by atoms with van der Waals surface area (Å²) in [6.45, 7) is 3.13. The van der Waals surface area contributed by atoms with Gasteiger partial charge in [-0.3, -0.25) is 9.59 Å². The van der Waals surface area contributed by atoms with Crippen LogP contribution in [0, 0.1) is 0 Å². The minimum Gasteiger partial charge on any atom is -0.377 e. The molecule has 1 unspecified atom stereocenters. The van der Waals surface area contributed by atoms with Crippen LogP contribution >= 0.6 is 0 Å². The van der Waals surface area contributed by atoms with E-state index in [1.165, 1.54) is 17.5 Å². The number of carbonyl (C=O) groups excluding carboxylic acids is 2. The standard InChI is InChI=1S/C17H21NO3/c1-12(19)9-16-11-21-8-7-18(16)17(20)15-6-5-13-3-2-4-14(13)10-15/h5-6,10,16H,2-4,7-9,11H2,1H3. The maximum Gasteiger partial charge on any atom is 0.254 e. The average Bonchev–Trinajstić information content (AvgIpc) is 2.94. The first kappa shape index (κ1) is 14.3. The number of fused-ring (bicyclic) bond motifs is 1. The van der Waals surface area contributed by atoms with Gasteiger partial charge in [-0.25, -0.2) is 0 Å². The second-order valence-corrected chi connectivity index (χ2v) is 5.97. The maximum absolute atomic E-state index is 12.8. The molecule has 1 atom stereocenters. The minimum atomic E-state index is -0.128. The van der Waals surface area contributed by atoms with Crippen LogP contribution in [-0.2, 0) is 22.4 Å². The lowest BCUT2D eigenvalue weighted by Gasteiger charge is -2.35. The molecule has 1 fully saturated rings. The molecule has 21 heavy (non-hydrogen) atoms. The van der Waals surface area contributed by atoms with Crippen molar-refractivity contribution < 1.29 is 14.3 Å². The van der Waals surface area contributed by atoms with Gasteiger partial charge in [0.1, 0.15) is 5.78 Å². The molecule has 0 radical (unpaired) electrons. The van der Waals surface area contributed by atoms with E-state index in [0.717, 1.165) is 18.4 Å². The van der Waals surface area contributed by atoms with Gasteiger partial charge in [0.05, 0.1) is 19.3 Å². The van der Waals surface area contributed by atoms with Crippen molar-refractivity contribution in [3.63, 3.8) is 0 Å². The monoisotopic (exact) mass is 287 g/mol. The summed E-state index contributed by atoms with van der Waals surface area (Å²) in [5.74, 6) is 0.122. The van der Waals surface area contributed by atoms with E-state index in [1.807, 2.05) is 17.0 Å². The van der Waals surface area contributed by atoms with Gasteiger partial charge in [0.25, 0.3) is 5.91 Å². The number of rotatable bonds is 3. The summed E-state index contributed by atoms with van der Waals surface area (Å²) in [6.07, 6.45) is 3.74. The number of aryl methyl sites for hydroxylation is 2. The molecule has 4 heteroatoms. The Labute approximate surface area is 125 Å². The molecular weight excluding hydrogens is 266 g/mol. The predicted octanol–water partition coefficient (Wildman–Crippen LogP) is 2.00. The van der Waals surface area contributed by atoms with Crippen LogP contribution in [0.5, 0.6) is 0 Å². The van der Waals surface area contributed by atoms with Crippen molar-refractivity contribution in [2.24, 2.45) is 0 Å². The third kappa shape index (κ3) is 3.00. The highest BCUT2D eigenvalue weighted by Gasteiger charge is 2.29. The Hall–Kier alpha value is -1.68. The van der Waals surface area contributed by atoms with Crippen LogP contribution in [0.4, 0.5) is 0 Å². The Bertz CT molecular complexity index is 567. The molecule has 1 aromatic carbocycles. The van der Waals surface area contributed by atoms with E-state index in [4.69, 9.17) is 4.74 Å². The third-order valence-electron chi connectivity index (χ3n) is 4.36. The van der Waals surface area contributed by atoms with Crippen molar-refractivity contribution in [1.82, 2.24) is 4.90 Å². The van der Waals surface area contributed by atoms with Gasteiger partial charge in [0.15, 0.2) is 0 Å². The van der Waals surface area contributed by atoms with Gasteiger partial charge in [-0.2, -0.15) is 0 Å². The van der Waals surface area contributed by atoms with Crippen molar-refractivity contribution in [2.75, 3.05) is 19.8 Å². The number of Topliss-reactive ketones (excluding diaryl/α,β-unsaturated/α-hetero) is 1. The minimum absolute atomic E-state index is 0.0271. The first-order valence-corrected chi connectivity index (χ1v) is 7.65. The normalized spacial score (nSPS) is 21.2. The van der Waals surface area contributed by atoms with E-state index in [0.29, 0.717) is 26.2 Å². The molecule has 4 nitrogen and oxygen atoms in total. The van der Waals surface area contributed by atoms with Gasteiger partial charge >= 0.3 is 0 Å². The zero-order chi connectivity index (χ0) is 14.8. The summed E-state index contributed by atoms with van der Waals surface area (Å²) in [5.41, 5.74) is 3.41. The molecule has 112 valence electrons. The molecule has 1 aliphatic heterocycles. The van der Waals surface area contributed by atoms with E-state index < -0.39 is 0 Å². The fourth-order valence-corrected chi connectivity index (χ4v) is 3.29. The topological polar surface area (TPSA) is 46.6 Å². The molecule has 1 aliphatic carbocycles. The molecule has 1 saturated heterocycles. The summed E-state index contributed by atoms with van der Waals surface area (Å²) in [4.78, 5) is 25.9. The zero-order valence-electron chi connectivity index (χ0n) is 12.4.